The molecule has 2 unspecified atom stereocenters. The zero-order chi connectivity index (χ0) is 13.8. The molecule has 1 heterocycles. The number of nitrogens with one attached hydrogen (secondary N) is 1. The molecule has 1 N–H and O–H groups in total. The molecule has 2 atom stereocenters. The smallest absolute Gasteiger partial charge is 0.0406 e. The molecule has 19 heavy (non-hydrogen) atoms. The maximum Gasteiger partial charge on any atom is 0.0406 e. The van der Waals surface area contributed by atoms with Crippen LogP contribution >= 0.6 is 11.6 Å². The van der Waals surface area contributed by atoms with Crippen LogP contribution in [0.1, 0.15) is 32.8 Å². The van der Waals surface area contributed by atoms with Crippen molar-refractivity contribution in [3.63, 3.8) is 0 Å². The van der Waals surface area contributed by atoms with Gasteiger partial charge in [-0.15, -0.1) is 0 Å². The Labute approximate surface area is 122 Å². The largest absolute Gasteiger partial charge is 0.311 e. The summed E-state index contributed by atoms with van der Waals surface area (Å²) in [5.74, 6) is 0.753. The van der Waals surface area contributed by atoms with Crippen molar-refractivity contribution in [2.75, 3.05) is 13.1 Å². The summed E-state index contributed by atoms with van der Waals surface area (Å²) in [6.45, 7) is 10.1. The fourth-order valence-corrected chi connectivity index (χ4v) is 2.89. The van der Waals surface area contributed by atoms with Crippen LogP contribution in [-0.2, 0) is 6.54 Å². The van der Waals surface area contributed by atoms with E-state index in [1.165, 1.54) is 12.0 Å². The van der Waals surface area contributed by atoms with Crippen molar-refractivity contribution in [3.05, 3.63) is 34.9 Å². The highest BCUT2D eigenvalue weighted by atomic mass is 35.5. The average molecular weight is 281 g/mol. The van der Waals surface area contributed by atoms with Crippen LogP contribution in [0.5, 0.6) is 0 Å². The van der Waals surface area contributed by atoms with Gasteiger partial charge in [0.05, 0.1) is 0 Å². The van der Waals surface area contributed by atoms with E-state index in [0.29, 0.717) is 12.1 Å². The molecule has 106 valence electrons. The molecular weight excluding hydrogens is 256 g/mol. The number of halogens is 1. The summed E-state index contributed by atoms with van der Waals surface area (Å²) in [6, 6.07) is 9.45. The van der Waals surface area contributed by atoms with Gasteiger partial charge in [-0.05, 0) is 37.0 Å². The van der Waals surface area contributed by atoms with Crippen LogP contribution in [0.15, 0.2) is 24.3 Å². The minimum Gasteiger partial charge on any atom is -0.311 e. The summed E-state index contributed by atoms with van der Waals surface area (Å²) in [6.07, 6.45) is 1.25. The first-order valence-corrected chi connectivity index (χ1v) is 7.64. The number of nitrogens with zero attached hydrogens (tertiary/aromatic N) is 1. The number of benzene rings is 1. The Kier molecular flexibility index (Phi) is 5.26. The molecule has 0 spiro atoms. The van der Waals surface area contributed by atoms with Crippen LogP contribution in [0, 0.1) is 5.92 Å². The summed E-state index contributed by atoms with van der Waals surface area (Å²) < 4.78 is 0. The number of hydrogen-bond acceptors (Lipinski definition) is 2. The fraction of sp³-hybridized carbons (Fsp3) is 0.625. The van der Waals surface area contributed by atoms with Crippen LogP contribution in [0.25, 0.3) is 0 Å². The molecule has 3 heteroatoms. The van der Waals surface area contributed by atoms with E-state index in [1.807, 2.05) is 12.1 Å². The van der Waals surface area contributed by atoms with E-state index < -0.39 is 0 Å². The second kappa shape index (κ2) is 6.74. The second-order valence-corrected chi connectivity index (χ2v) is 6.58. The Morgan fingerprint density at radius 2 is 2.00 bits per heavy atom. The van der Waals surface area contributed by atoms with Crippen LogP contribution in [-0.4, -0.2) is 30.1 Å². The monoisotopic (exact) mass is 280 g/mol. The van der Waals surface area contributed by atoms with Gasteiger partial charge < -0.3 is 5.32 Å². The van der Waals surface area contributed by atoms with Gasteiger partial charge in [-0.2, -0.15) is 0 Å². The molecule has 2 rings (SSSR count). The lowest BCUT2D eigenvalue weighted by Gasteiger charge is -2.39. The summed E-state index contributed by atoms with van der Waals surface area (Å²) in [4.78, 5) is 2.58. The van der Waals surface area contributed by atoms with Gasteiger partial charge in [-0.25, -0.2) is 0 Å². The Morgan fingerprint density at radius 1 is 1.32 bits per heavy atom. The van der Waals surface area contributed by atoms with Gasteiger partial charge in [0.25, 0.3) is 0 Å². The van der Waals surface area contributed by atoms with E-state index in [2.05, 4.69) is 43.1 Å². The van der Waals surface area contributed by atoms with E-state index >= 15 is 0 Å². The summed E-state index contributed by atoms with van der Waals surface area (Å²) in [5, 5.41) is 4.48. The minimum atomic E-state index is 0.596. The second-order valence-electron chi connectivity index (χ2n) is 6.14. The van der Waals surface area contributed by atoms with Crippen molar-refractivity contribution in [1.29, 1.82) is 0 Å². The number of piperazine rings is 1. The lowest BCUT2D eigenvalue weighted by atomic mass is 9.99. The van der Waals surface area contributed by atoms with Crippen molar-refractivity contribution in [2.24, 2.45) is 5.92 Å². The molecule has 0 bridgehead atoms. The molecule has 2 nitrogen and oxygen atoms in total. The molecule has 0 aromatic heterocycles. The first-order chi connectivity index (χ1) is 9.04. The van der Waals surface area contributed by atoms with Crippen LogP contribution in [0.3, 0.4) is 0 Å². The molecule has 1 aromatic carbocycles. The van der Waals surface area contributed by atoms with Crippen molar-refractivity contribution in [3.8, 4) is 0 Å². The molecule has 1 aliphatic heterocycles. The minimum absolute atomic E-state index is 0.596. The third-order valence-electron chi connectivity index (χ3n) is 3.84. The molecule has 1 aliphatic rings. The third-order valence-corrected chi connectivity index (χ3v) is 4.09. The maximum atomic E-state index is 5.94. The van der Waals surface area contributed by atoms with Gasteiger partial charge in [0.2, 0.25) is 0 Å². The first kappa shape index (κ1) is 14.8. The van der Waals surface area contributed by atoms with Crippen LogP contribution < -0.4 is 5.32 Å². The van der Waals surface area contributed by atoms with E-state index in [0.717, 1.165) is 30.6 Å². The zero-order valence-electron chi connectivity index (χ0n) is 12.2. The standard InChI is InChI=1S/C16H25ClN2/c1-12(2)8-16-11-19(13(3)9-18-16)10-14-4-6-15(17)7-5-14/h4-7,12-13,16,18H,8-11H2,1-3H3. The average Bonchev–Trinajstić information content (AvgIpc) is 2.35. The van der Waals surface area contributed by atoms with Gasteiger partial charge in [-0.3, -0.25) is 4.90 Å². The summed E-state index contributed by atoms with van der Waals surface area (Å²) >= 11 is 5.94. The molecule has 0 amide bonds. The van der Waals surface area contributed by atoms with Gasteiger partial charge >= 0.3 is 0 Å². The highest BCUT2D eigenvalue weighted by Gasteiger charge is 2.25. The molecule has 1 fully saturated rings. The Hall–Kier alpha value is -0.570. The van der Waals surface area contributed by atoms with Gasteiger partial charge in [0.1, 0.15) is 0 Å². The quantitative estimate of drug-likeness (QED) is 0.907. The Bertz CT molecular complexity index is 388. The van der Waals surface area contributed by atoms with Gasteiger partial charge in [-0.1, -0.05) is 37.6 Å². The van der Waals surface area contributed by atoms with Crippen LogP contribution in [0.4, 0.5) is 0 Å². The SMILES string of the molecule is CC(C)CC1CN(Cc2ccc(Cl)cc2)C(C)CN1. The van der Waals surface area contributed by atoms with E-state index in [-0.39, 0.29) is 0 Å². The molecule has 0 radical (unpaired) electrons. The van der Waals surface area contributed by atoms with E-state index in [4.69, 9.17) is 11.6 Å². The summed E-state index contributed by atoms with van der Waals surface area (Å²) in [5.41, 5.74) is 1.35. The molecular formula is C16H25ClN2. The van der Waals surface area contributed by atoms with Gasteiger partial charge in [0.15, 0.2) is 0 Å². The topological polar surface area (TPSA) is 15.3 Å². The highest BCUT2D eigenvalue weighted by molar-refractivity contribution is 6.30. The maximum absolute atomic E-state index is 5.94. The lowest BCUT2D eigenvalue weighted by molar-refractivity contribution is 0.125. The summed E-state index contributed by atoms with van der Waals surface area (Å²) in [7, 11) is 0. The Morgan fingerprint density at radius 3 is 2.63 bits per heavy atom. The predicted molar refractivity (Wildman–Crippen MR) is 82.6 cm³/mol. The third kappa shape index (κ3) is 4.48. The van der Waals surface area contributed by atoms with E-state index in [1.54, 1.807) is 0 Å². The molecule has 0 saturated carbocycles. The molecule has 1 saturated heterocycles. The van der Waals surface area contributed by atoms with Gasteiger partial charge in [0, 0.05) is 36.7 Å². The lowest BCUT2D eigenvalue weighted by Crippen LogP contribution is -2.55. The fourth-order valence-electron chi connectivity index (χ4n) is 2.77. The Balaban J connectivity index is 1.95. The van der Waals surface area contributed by atoms with Crippen molar-refractivity contribution < 1.29 is 0 Å². The molecule has 1 aromatic rings. The number of rotatable bonds is 4. The van der Waals surface area contributed by atoms with Crippen LogP contribution in [0.2, 0.25) is 5.02 Å². The van der Waals surface area contributed by atoms with Crippen molar-refractivity contribution in [1.82, 2.24) is 10.2 Å². The van der Waals surface area contributed by atoms with Crippen molar-refractivity contribution in [2.45, 2.75) is 45.8 Å². The number of hydrogen-bond donors (Lipinski definition) is 1. The normalized spacial score (nSPS) is 24.9. The molecule has 0 aliphatic carbocycles. The highest BCUT2D eigenvalue weighted by Crippen LogP contribution is 2.17. The van der Waals surface area contributed by atoms with Crippen molar-refractivity contribution >= 4 is 11.6 Å². The zero-order valence-corrected chi connectivity index (χ0v) is 13.0. The first-order valence-electron chi connectivity index (χ1n) is 7.26. The van der Waals surface area contributed by atoms with E-state index in [9.17, 15) is 0 Å². The predicted octanol–water partition coefficient (Wildman–Crippen LogP) is 3.55.